The molecular formula is C28H22N2. The van der Waals surface area contributed by atoms with Crippen molar-refractivity contribution >= 4 is 16.7 Å². The summed E-state index contributed by atoms with van der Waals surface area (Å²) in [5.74, 6) is 0.838. The van der Waals surface area contributed by atoms with Crippen LogP contribution in [0.25, 0.3) is 10.9 Å². The number of hydrogen-bond acceptors (Lipinski definition) is 2. The van der Waals surface area contributed by atoms with Gasteiger partial charge in [0.1, 0.15) is 11.4 Å². The van der Waals surface area contributed by atoms with E-state index in [0.717, 1.165) is 33.4 Å². The molecule has 0 bridgehead atoms. The van der Waals surface area contributed by atoms with E-state index in [4.69, 9.17) is 4.98 Å². The minimum absolute atomic E-state index is 0.570. The van der Waals surface area contributed by atoms with Crippen LogP contribution in [0.3, 0.4) is 0 Å². The van der Waals surface area contributed by atoms with Crippen LogP contribution in [0.2, 0.25) is 0 Å². The molecule has 0 radical (unpaired) electrons. The van der Waals surface area contributed by atoms with Gasteiger partial charge >= 0.3 is 0 Å². The van der Waals surface area contributed by atoms with E-state index in [1.54, 1.807) is 0 Å². The molecule has 0 saturated heterocycles. The third-order valence-electron chi connectivity index (χ3n) is 5.53. The number of nitrogens with one attached hydrogen (secondary N) is 1. The lowest BCUT2D eigenvalue weighted by molar-refractivity contribution is 0.707. The Kier molecular flexibility index (Phi) is 4.74. The molecule has 0 saturated carbocycles. The number of hydrogen-bond donors (Lipinski definition) is 1. The Morgan fingerprint density at radius 2 is 0.933 bits per heavy atom. The van der Waals surface area contributed by atoms with E-state index in [1.165, 1.54) is 0 Å². The highest BCUT2D eigenvalue weighted by atomic mass is 15.1. The molecule has 30 heavy (non-hydrogen) atoms. The predicted octanol–water partition coefficient (Wildman–Crippen LogP) is 6.64. The lowest BCUT2D eigenvalue weighted by Crippen LogP contribution is -2.38. The highest BCUT2D eigenvalue weighted by molar-refractivity contribution is 5.80. The second-order valence-corrected chi connectivity index (χ2v) is 7.36. The third-order valence-corrected chi connectivity index (χ3v) is 5.53. The molecule has 1 N–H and O–H groups in total. The molecule has 0 spiro atoms. The van der Waals surface area contributed by atoms with Crippen LogP contribution in [-0.4, -0.2) is 4.98 Å². The fourth-order valence-corrected chi connectivity index (χ4v) is 4.11. The van der Waals surface area contributed by atoms with Gasteiger partial charge in [0.25, 0.3) is 0 Å². The maximum atomic E-state index is 4.93. The van der Waals surface area contributed by atoms with Crippen LogP contribution in [0.4, 0.5) is 5.82 Å². The van der Waals surface area contributed by atoms with Crippen LogP contribution in [-0.2, 0) is 5.54 Å². The number of para-hydroxylation sites is 1. The van der Waals surface area contributed by atoms with Crippen molar-refractivity contribution in [3.8, 4) is 0 Å². The van der Waals surface area contributed by atoms with Crippen LogP contribution in [0.15, 0.2) is 127 Å². The van der Waals surface area contributed by atoms with E-state index in [-0.39, 0.29) is 0 Å². The van der Waals surface area contributed by atoms with Gasteiger partial charge in [-0.15, -0.1) is 0 Å². The molecule has 1 aromatic heterocycles. The highest BCUT2D eigenvalue weighted by Crippen LogP contribution is 2.39. The fraction of sp³-hybridized carbons (Fsp3) is 0.0357. The summed E-state index contributed by atoms with van der Waals surface area (Å²) in [4.78, 5) is 4.93. The van der Waals surface area contributed by atoms with Gasteiger partial charge < -0.3 is 5.32 Å². The summed E-state index contributed by atoms with van der Waals surface area (Å²) >= 11 is 0. The number of rotatable bonds is 5. The van der Waals surface area contributed by atoms with E-state index in [2.05, 4.69) is 121 Å². The monoisotopic (exact) mass is 386 g/mol. The van der Waals surface area contributed by atoms with Crippen molar-refractivity contribution in [3.63, 3.8) is 0 Å². The van der Waals surface area contributed by atoms with E-state index in [9.17, 15) is 0 Å². The van der Waals surface area contributed by atoms with Gasteiger partial charge in [0.2, 0.25) is 0 Å². The van der Waals surface area contributed by atoms with Crippen LogP contribution in [0, 0.1) is 0 Å². The van der Waals surface area contributed by atoms with E-state index in [1.807, 2.05) is 12.1 Å². The van der Waals surface area contributed by atoms with Gasteiger partial charge in [0.15, 0.2) is 0 Å². The number of aromatic nitrogens is 1. The lowest BCUT2D eigenvalue weighted by Gasteiger charge is -2.37. The first-order valence-corrected chi connectivity index (χ1v) is 10.2. The molecule has 4 aromatic carbocycles. The summed E-state index contributed by atoms with van der Waals surface area (Å²) in [6.45, 7) is 0. The zero-order valence-electron chi connectivity index (χ0n) is 16.6. The number of fused-ring (bicyclic) bond motifs is 1. The van der Waals surface area contributed by atoms with Crippen molar-refractivity contribution < 1.29 is 0 Å². The molecule has 0 amide bonds. The summed E-state index contributed by atoms with van der Waals surface area (Å²) in [5.41, 5.74) is 3.90. The Labute approximate surface area is 176 Å². The number of anilines is 1. The summed E-state index contributed by atoms with van der Waals surface area (Å²) < 4.78 is 0. The first-order valence-electron chi connectivity index (χ1n) is 10.2. The van der Waals surface area contributed by atoms with Gasteiger partial charge in [-0.05, 0) is 34.9 Å². The molecule has 1 heterocycles. The van der Waals surface area contributed by atoms with Crippen molar-refractivity contribution in [3.05, 3.63) is 144 Å². The van der Waals surface area contributed by atoms with Crippen molar-refractivity contribution in [2.75, 3.05) is 5.32 Å². The largest absolute Gasteiger partial charge is 0.353 e. The Hall–Kier alpha value is -3.91. The third kappa shape index (κ3) is 3.23. The first kappa shape index (κ1) is 18.1. The molecule has 0 atom stereocenters. The number of nitrogens with zero attached hydrogens (tertiary/aromatic N) is 1. The highest BCUT2D eigenvalue weighted by Gasteiger charge is 2.36. The average molecular weight is 386 g/mol. The van der Waals surface area contributed by atoms with Crippen LogP contribution in [0.5, 0.6) is 0 Å². The Morgan fingerprint density at radius 1 is 0.467 bits per heavy atom. The molecule has 2 nitrogen and oxygen atoms in total. The quantitative estimate of drug-likeness (QED) is 0.343. The van der Waals surface area contributed by atoms with Gasteiger partial charge in [-0.25, -0.2) is 4.98 Å². The minimum Gasteiger partial charge on any atom is -0.353 e. The summed E-state index contributed by atoms with van der Waals surface area (Å²) in [6, 6.07) is 44.1. The van der Waals surface area contributed by atoms with E-state index < -0.39 is 5.54 Å². The minimum atomic E-state index is -0.570. The van der Waals surface area contributed by atoms with Gasteiger partial charge in [-0.3, -0.25) is 0 Å². The van der Waals surface area contributed by atoms with Crippen molar-refractivity contribution in [1.82, 2.24) is 4.98 Å². The van der Waals surface area contributed by atoms with Crippen LogP contribution in [0.1, 0.15) is 16.7 Å². The predicted molar refractivity (Wildman–Crippen MR) is 125 cm³/mol. The molecule has 0 aliphatic carbocycles. The fourth-order valence-electron chi connectivity index (χ4n) is 4.11. The Bertz CT molecular complexity index is 1150. The maximum Gasteiger partial charge on any atom is 0.127 e. The molecule has 0 aliphatic heterocycles. The smallest absolute Gasteiger partial charge is 0.127 e. The van der Waals surface area contributed by atoms with Gasteiger partial charge in [0.05, 0.1) is 5.52 Å². The Morgan fingerprint density at radius 3 is 1.47 bits per heavy atom. The number of benzene rings is 4. The first-order chi connectivity index (χ1) is 14.9. The second-order valence-electron chi connectivity index (χ2n) is 7.36. The van der Waals surface area contributed by atoms with Gasteiger partial charge in [-0.1, -0.05) is 109 Å². The number of pyridine rings is 1. The standard InChI is InChI=1S/C28H22N2/c1-4-13-23(14-5-1)28(24-15-6-2-7-16-24,25-17-8-3-9-18-25)30-27-21-20-22-12-10-11-19-26(22)29-27/h1-21H,(H,29,30). The maximum absolute atomic E-state index is 4.93. The zero-order valence-corrected chi connectivity index (χ0v) is 16.6. The second kappa shape index (κ2) is 7.84. The normalized spacial score (nSPS) is 11.3. The van der Waals surface area contributed by atoms with Crippen molar-refractivity contribution in [2.45, 2.75) is 5.54 Å². The summed E-state index contributed by atoms with van der Waals surface area (Å²) in [7, 11) is 0. The summed E-state index contributed by atoms with van der Waals surface area (Å²) in [5, 5.41) is 4.95. The molecule has 144 valence electrons. The van der Waals surface area contributed by atoms with Crippen molar-refractivity contribution in [2.24, 2.45) is 0 Å². The van der Waals surface area contributed by atoms with Crippen molar-refractivity contribution in [1.29, 1.82) is 0 Å². The molecular weight excluding hydrogens is 364 g/mol. The Balaban J connectivity index is 1.76. The topological polar surface area (TPSA) is 24.9 Å². The van der Waals surface area contributed by atoms with Crippen LogP contribution >= 0.6 is 0 Å². The average Bonchev–Trinajstić information content (AvgIpc) is 2.84. The molecule has 5 aromatic rings. The SMILES string of the molecule is c1ccc(C(Nc2ccc3ccccc3n2)(c2ccccc2)c2ccccc2)cc1. The van der Waals surface area contributed by atoms with Gasteiger partial charge in [0, 0.05) is 5.39 Å². The zero-order chi connectivity index (χ0) is 20.2. The molecule has 2 heteroatoms. The van der Waals surface area contributed by atoms with Gasteiger partial charge in [-0.2, -0.15) is 0 Å². The molecule has 0 fully saturated rings. The molecule has 0 aliphatic rings. The van der Waals surface area contributed by atoms with Crippen LogP contribution < -0.4 is 5.32 Å². The molecule has 5 rings (SSSR count). The van der Waals surface area contributed by atoms with E-state index in [0.29, 0.717) is 0 Å². The lowest BCUT2D eigenvalue weighted by atomic mass is 9.77. The summed E-state index contributed by atoms with van der Waals surface area (Å²) in [6.07, 6.45) is 0. The molecule has 0 unspecified atom stereocenters. The van der Waals surface area contributed by atoms with E-state index >= 15 is 0 Å².